The van der Waals surface area contributed by atoms with E-state index < -0.39 is 6.10 Å². The lowest BCUT2D eigenvalue weighted by atomic mass is 10.1. The van der Waals surface area contributed by atoms with Crippen molar-refractivity contribution in [2.75, 3.05) is 18.5 Å². The van der Waals surface area contributed by atoms with Gasteiger partial charge < -0.3 is 19.5 Å². The molecule has 1 N–H and O–H groups in total. The third-order valence-electron chi connectivity index (χ3n) is 5.39. The number of rotatable bonds is 11. The maximum absolute atomic E-state index is 12.8. The normalized spacial score (nSPS) is 11.3. The van der Waals surface area contributed by atoms with Crippen LogP contribution in [0.25, 0.3) is 11.1 Å². The van der Waals surface area contributed by atoms with Crippen LogP contribution in [0.3, 0.4) is 0 Å². The molecular weight excluding hydrogens is 438 g/mol. The predicted molar refractivity (Wildman–Crippen MR) is 139 cm³/mol. The Bertz CT molecular complexity index is 1180. The number of carbonyl (C=O) groups is 1. The summed E-state index contributed by atoms with van der Waals surface area (Å²) in [6, 6.07) is 34.8. The second-order valence-corrected chi connectivity index (χ2v) is 7.93. The van der Waals surface area contributed by atoms with Gasteiger partial charge in [0.25, 0.3) is 5.91 Å². The van der Waals surface area contributed by atoms with Gasteiger partial charge in [0, 0.05) is 5.69 Å². The van der Waals surface area contributed by atoms with Crippen molar-refractivity contribution >= 4 is 11.6 Å². The zero-order valence-electron chi connectivity index (χ0n) is 19.7. The fourth-order valence-corrected chi connectivity index (χ4v) is 3.54. The molecule has 1 unspecified atom stereocenters. The summed E-state index contributed by atoms with van der Waals surface area (Å²) in [6.45, 7) is 2.80. The molecule has 0 saturated carbocycles. The van der Waals surface area contributed by atoms with Crippen LogP contribution in [0.5, 0.6) is 17.2 Å². The molecule has 0 spiro atoms. The Labute approximate surface area is 206 Å². The van der Waals surface area contributed by atoms with Crippen LogP contribution in [0.2, 0.25) is 0 Å². The third kappa shape index (κ3) is 7.11. The Balaban J connectivity index is 1.25. The summed E-state index contributed by atoms with van der Waals surface area (Å²) in [5.41, 5.74) is 2.92. The Morgan fingerprint density at radius 3 is 1.77 bits per heavy atom. The third-order valence-corrected chi connectivity index (χ3v) is 5.39. The first kappa shape index (κ1) is 23.9. The molecule has 0 fully saturated rings. The molecule has 0 saturated heterocycles. The number of hydrogen-bond acceptors (Lipinski definition) is 4. The van der Waals surface area contributed by atoms with Crippen LogP contribution in [0.4, 0.5) is 5.69 Å². The van der Waals surface area contributed by atoms with Crippen LogP contribution in [0, 0.1) is 0 Å². The number of para-hydroxylation sites is 1. The molecule has 5 nitrogen and oxygen atoms in total. The Morgan fingerprint density at radius 2 is 1.17 bits per heavy atom. The zero-order valence-corrected chi connectivity index (χ0v) is 19.7. The Hall–Kier alpha value is -4.25. The van der Waals surface area contributed by atoms with E-state index in [9.17, 15) is 4.79 Å². The van der Waals surface area contributed by atoms with E-state index in [1.807, 2.05) is 104 Å². The molecule has 0 bridgehead atoms. The monoisotopic (exact) mass is 467 g/mol. The maximum atomic E-state index is 12.8. The van der Waals surface area contributed by atoms with E-state index in [2.05, 4.69) is 17.4 Å². The lowest BCUT2D eigenvalue weighted by Crippen LogP contribution is -2.32. The number of benzene rings is 4. The predicted octanol–water partition coefficient (Wildman–Crippen LogP) is 6.61. The lowest BCUT2D eigenvalue weighted by molar-refractivity contribution is -0.122. The van der Waals surface area contributed by atoms with Gasteiger partial charge in [-0.2, -0.15) is 0 Å². The van der Waals surface area contributed by atoms with E-state index in [0.717, 1.165) is 16.9 Å². The first-order valence-electron chi connectivity index (χ1n) is 11.7. The fraction of sp³-hybridized carbons (Fsp3) is 0.167. The number of nitrogens with one attached hydrogen (secondary N) is 1. The Kier molecular flexibility index (Phi) is 8.38. The van der Waals surface area contributed by atoms with E-state index in [4.69, 9.17) is 14.2 Å². The molecule has 4 aromatic carbocycles. The summed E-state index contributed by atoms with van der Waals surface area (Å²) in [4.78, 5) is 12.8. The average molecular weight is 468 g/mol. The zero-order chi connectivity index (χ0) is 24.3. The number of ether oxygens (including phenoxy) is 3. The van der Waals surface area contributed by atoms with Crippen molar-refractivity contribution in [3.05, 3.63) is 109 Å². The van der Waals surface area contributed by atoms with Crippen LogP contribution in [0.1, 0.15) is 13.3 Å². The smallest absolute Gasteiger partial charge is 0.265 e. The molecule has 5 heteroatoms. The van der Waals surface area contributed by atoms with Crippen molar-refractivity contribution in [2.24, 2.45) is 0 Å². The summed E-state index contributed by atoms with van der Waals surface area (Å²) < 4.78 is 17.3. The van der Waals surface area contributed by atoms with Gasteiger partial charge in [-0.1, -0.05) is 67.6 Å². The standard InChI is InChI=1S/C30H29NO4/c1-2-29(35-28-17-13-24(14-18-28)23-9-5-3-6-10-23)30(32)31-25-15-19-27(20-16-25)34-22-21-33-26-11-7-4-8-12-26/h3-20,29H,2,21-22H2,1H3,(H,31,32). The second-order valence-electron chi connectivity index (χ2n) is 7.93. The second kappa shape index (κ2) is 12.3. The molecule has 0 heterocycles. The molecule has 0 aliphatic heterocycles. The first-order chi connectivity index (χ1) is 17.2. The summed E-state index contributed by atoms with van der Waals surface area (Å²) in [6.07, 6.45) is -0.0434. The van der Waals surface area contributed by atoms with Crippen molar-refractivity contribution in [3.8, 4) is 28.4 Å². The number of anilines is 1. The quantitative estimate of drug-likeness (QED) is 0.252. The van der Waals surface area contributed by atoms with E-state index in [-0.39, 0.29) is 5.91 Å². The van der Waals surface area contributed by atoms with E-state index in [0.29, 0.717) is 36.8 Å². The summed E-state index contributed by atoms with van der Waals surface area (Å²) in [5, 5.41) is 2.92. The van der Waals surface area contributed by atoms with Gasteiger partial charge in [-0.3, -0.25) is 4.79 Å². The minimum Gasteiger partial charge on any atom is -0.490 e. The SMILES string of the molecule is CCC(Oc1ccc(-c2ccccc2)cc1)C(=O)Nc1ccc(OCCOc2ccccc2)cc1. The minimum absolute atomic E-state index is 0.190. The molecule has 35 heavy (non-hydrogen) atoms. The summed E-state index contributed by atoms with van der Waals surface area (Å²) in [7, 11) is 0. The number of hydrogen-bond donors (Lipinski definition) is 1. The molecular formula is C30H29NO4. The fourth-order valence-electron chi connectivity index (χ4n) is 3.54. The Morgan fingerprint density at radius 1 is 0.657 bits per heavy atom. The van der Waals surface area contributed by atoms with Gasteiger partial charge in [0.15, 0.2) is 6.10 Å². The van der Waals surface area contributed by atoms with Crippen LogP contribution in [0.15, 0.2) is 109 Å². The highest BCUT2D eigenvalue weighted by Gasteiger charge is 2.18. The molecule has 1 atom stereocenters. The summed E-state index contributed by atoms with van der Waals surface area (Å²) in [5.74, 6) is 1.99. The minimum atomic E-state index is -0.594. The molecule has 4 rings (SSSR count). The highest BCUT2D eigenvalue weighted by Crippen LogP contribution is 2.23. The molecule has 0 radical (unpaired) electrons. The largest absolute Gasteiger partial charge is 0.490 e. The summed E-state index contributed by atoms with van der Waals surface area (Å²) >= 11 is 0. The molecule has 0 aromatic heterocycles. The first-order valence-corrected chi connectivity index (χ1v) is 11.7. The van der Waals surface area contributed by atoms with Gasteiger partial charge in [0.1, 0.15) is 30.5 Å². The van der Waals surface area contributed by atoms with E-state index in [1.165, 1.54) is 0 Å². The van der Waals surface area contributed by atoms with E-state index >= 15 is 0 Å². The molecule has 0 aliphatic rings. The van der Waals surface area contributed by atoms with Crippen molar-refractivity contribution in [3.63, 3.8) is 0 Å². The van der Waals surface area contributed by atoms with Crippen LogP contribution in [-0.4, -0.2) is 25.2 Å². The van der Waals surface area contributed by atoms with Crippen molar-refractivity contribution in [1.82, 2.24) is 0 Å². The molecule has 178 valence electrons. The number of carbonyl (C=O) groups excluding carboxylic acids is 1. The molecule has 4 aromatic rings. The topological polar surface area (TPSA) is 56.8 Å². The van der Waals surface area contributed by atoms with Crippen molar-refractivity contribution in [1.29, 1.82) is 0 Å². The van der Waals surface area contributed by atoms with Gasteiger partial charge in [-0.05, 0) is 66.1 Å². The molecule has 1 amide bonds. The maximum Gasteiger partial charge on any atom is 0.265 e. The average Bonchev–Trinajstić information content (AvgIpc) is 2.92. The van der Waals surface area contributed by atoms with Crippen LogP contribution >= 0.6 is 0 Å². The van der Waals surface area contributed by atoms with Crippen LogP contribution < -0.4 is 19.5 Å². The van der Waals surface area contributed by atoms with Gasteiger partial charge in [-0.25, -0.2) is 0 Å². The molecule has 0 aliphatic carbocycles. The van der Waals surface area contributed by atoms with Gasteiger partial charge in [-0.15, -0.1) is 0 Å². The van der Waals surface area contributed by atoms with Gasteiger partial charge >= 0.3 is 0 Å². The van der Waals surface area contributed by atoms with Crippen molar-refractivity contribution in [2.45, 2.75) is 19.4 Å². The van der Waals surface area contributed by atoms with Gasteiger partial charge in [0.2, 0.25) is 0 Å². The van der Waals surface area contributed by atoms with Gasteiger partial charge in [0.05, 0.1) is 0 Å². The highest BCUT2D eigenvalue weighted by molar-refractivity contribution is 5.94. The lowest BCUT2D eigenvalue weighted by Gasteiger charge is -2.18. The number of amides is 1. The van der Waals surface area contributed by atoms with Crippen molar-refractivity contribution < 1.29 is 19.0 Å². The van der Waals surface area contributed by atoms with E-state index in [1.54, 1.807) is 0 Å². The highest BCUT2D eigenvalue weighted by atomic mass is 16.5. The van der Waals surface area contributed by atoms with Crippen LogP contribution in [-0.2, 0) is 4.79 Å².